The standard InChI is InChI=1S/C18H20ClNO/c19-17-8-6-16(7-9-17)18-10-11-20(12-13-21-18)14-15-4-2-1-3-5-15/h1-9,18H,10-14H2. The van der Waals surface area contributed by atoms with E-state index in [4.69, 9.17) is 16.3 Å². The van der Waals surface area contributed by atoms with Crippen LogP contribution in [0, 0.1) is 0 Å². The van der Waals surface area contributed by atoms with Crippen molar-refractivity contribution in [3.8, 4) is 0 Å². The lowest BCUT2D eigenvalue weighted by Crippen LogP contribution is -2.25. The van der Waals surface area contributed by atoms with Crippen molar-refractivity contribution >= 4 is 11.6 Å². The number of benzene rings is 2. The zero-order valence-electron chi connectivity index (χ0n) is 12.0. The molecule has 0 saturated carbocycles. The molecule has 0 radical (unpaired) electrons. The van der Waals surface area contributed by atoms with Crippen molar-refractivity contribution in [1.82, 2.24) is 4.90 Å². The van der Waals surface area contributed by atoms with Crippen LogP contribution in [0.2, 0.25) is 5.02 Å². The van der Waals surface area contributed by atoms with Gasteiger partial charge in [-0.25, -0.2) is 0 Å². The summed E-state index contributed by atoms with van der Waals surface area (Å²) in [6, 6.07) is 18.6. The molecule has 110 valence electrons. The van der Waals surface area contributed by atoms with Gasteiger partial charge in [-0.2, -0.15) is 0 Å². The third-order valence-corrected chi connectivity index (χ3v) is 4.18. The zero-order chi connectivity index (χ0) is 14.5. The maximum Gasteiger partial charge on any atom is 0.0837 e. The van der Waals surface area contributed by atoms with Gasteiger partial charge in [0, 0.05) is 24.7 Å². The second-order valence-electron chi connectivity index (χ2n) is 5.46. The van der Waals surface area contributed by atoms with Crippen LogP contribution < -0.4 is 0 Å². The van der Waals surface area contributed by atoms with Crippen LogP contribution in [0.5, 0.6) is 0 Å². The van der Waals surface area contributed by atoms with E-state index in [1.807, 2.05) is 12.1 Å². The molecule has 21 heavy (non-hydrogen) atoms. The van der Waals surface area contributed by atoms with Gasteiger partial charge in [0.2, 0.25) is 0 Å². The van der Waals surface area contributed by atoms with Crippen molar-refractivity contribution in [1.29, 1.82) is 0 Å². The molecular formula is C18H20ClNO. The smallest absolute Gasteiger partial charge is 0.0837 e. The van der Waals surface area contributed by atoms with Crippen LogP contribution in [-0.2, 0) is 11.3 Å². The molecule has 1 saturated heterocycles. The van der Waals surface area contributed by atoms with E-state index in [-0.39, 0.29) is 6.10 Å². The van der Waals surface area contributed by atoms with Gasteiger partial charge in [-0.1, -0.05) is 54.1 Å². The molecular weight excluding hydrogens is 282 g/mol. The van der Waals surface area contributed by atoms with Crippen molar-refractivity contribution in [2.24, 2.45) is 0 Å². The highest BCUT2D eigenvalue weighted by Gasteiger charge is 2.18. The monoisotopic (exact) mass is 301 g/mol. The molecule has 0 N–H and O–H groups in total. The summed E-state index contributed by atoms with van der Waals surface area (Å²) in [5, 5.41) is 0.776. The Balaban J connectivity index is 1.60. The largest absolute Gasteiger partial charge is 0.372 e. The molecule has 0 aliphatic carbocycles. The minimum atomic E-state index is 0.183. The van der Waals surface area contributed by atoms with Gasteiger partial charge in [-0.05, 0) is 29.7 Å². The van der Waals surface area contributed by atoms with Crippen LogP contribution in [0.4, 0.5) is 0 Å². The second kappa shape index (κ2) is 7.08. The summed E-state index contributed by atoms with van der Waals surface area (Å²) in [4.78, 5) is 2.46. The predicted molar refractivity (Wildman–Crippen MR) is 86.5 cm³/mol. The van der Waals surface area contributed by atoms with E-state index in [9.17, 15) is 0 Å². The Bertz CT molecular complexity index is 555. The summed E-state index contributed by atoms with van der Waals surface area (Å²) in [6.45, 7) is 3.82. The fourth-order valence-corrected chi connectivity index (χ4v) is 2.89. The average molecular weight is 302 g/mol. The van der Waals surface area contributed by atoms with E-state index in [2.05, 4.69) is 47.4 Å². The van der Waals surface area contributed by atoms with Gasteiger partial charge in [0.15, 0.2) is 0 Å². The predicted octanol–water partition coefficient (Wildman–Crippen LogP) is 4.30. The molecule has 3 heteroatoms. The van der Waals surface area contributed by atoms with Crippen molar-refractivity contribution in [3.05, 3.63) is 70.7 Å². The molecule has 0 spiro atoms. The molecule has 1 unspecified atom stereocenters. The van der Waals surface area contributed by atoms with E-state index in [1.54, 1.807) is 0 Å². The quantitative estimate of drug-likeness (QED) is 0.838. The van der Waals surface area contributed by atoms with Crippen LogP contribution >= 0.6 is 11.6 Å². The maximum atomic E-state index is 6.01. The lowest BCUT2D eigenvalue weighted by Gasteiger charge is -2.19. The number of halogens is 1. The van der Waals surface area contributed by atoms with Gasteiger partial charge in [0.05, 0.1) is 12.7 Å². The highest BCUT2D eigenvalue weighted by molar-refractivity contribution is 6.30. The summed E-state index contributed by atoms with van der Waals surface area (Å²) in [5.41, 5.74) is 2.59. The first kappa shape index (κ1) is 14.6. The number of nitrogens with zero attached hydrogens (tertiary/aromatic N) is 1. The van der Waals surface area contributed by atoms with Gasteiger partial charge in [-0.15, -0.1) is 0 Å². The van der Waals surface area contributed by atoms with E-state index in [0.29, 0.717) is 0 Å². The van der Waals surface area contributed by atoms with Crippen LogP contribution in [0.25, 0.3) is 0 Å². The summed E-state index contributed by atoms with van der Waals surface area (Å²) >= 11 is 5.95. The van der Waals surface area contributed by atoms with E-state index in [0.717, 1.165) is 37.7 Å². The van der Waals surface area contributed by atoms with Crippen LogP contribution in [-0.4, -0.2) is 24.6 Å². The topological polar surface area (TPSA) is 12.5 Å². The highest BCUT2D eigenvalue weighted by atomic mass is 35.5. The van der Waals surface area contributed by atoms with E-state index < -0.39 is 0 Å². The Morgan fingerprint density at radius 1 is 1.00 bits per heavy atom. The first-order valence-electron chi connectivity index (χ1n) is 7.44. The lowest BCUT2D eigenvalue weighted by molar-refractivity contribution is 0.0616. The first-order valence-corrected chi connectivity index (χ1v) is 7.82. The molecule has 2 aromatic carbocycles. The minimum Gasteiger partial charge on any atom is -0.372 e. The van der Waals surface area contributed by atoms with Gasteiger partial charge < -0.3 is 4.74 Å². The molecule has 2 aromatic rings. The Morgan fingerprint density at radius 2 is 1.76 bits per heavy atom. The SMILES string of the molecule is Clc1ccc(C2CCN(Cc3ccccc3)CCO2)cc1. The van der Waals surface area contributed by atoms with Crippen molar-refractivity contribution in [3.63, 3.8) is 0 Å². The van der Waals surface area contributed by atoms with Crippen molar-refractivity contribution in [2.45, 2.75) is 19.1 Å². The van der Waals surface area contributed by atoms with Gasteiger partial charge in [0.25, 0.3) is 0 Å². The molecule has 1 aliphatic rings. The van der Waals surface area contributed by atoms with Crippen molar-refractivity contribution < 1.29 is 4.74 Å². The van der Waals surface area contributed by atoms with E-state index in [1.165, 1.54) is 11.1 Å². The molecule has 3 rings (SSSR count). The van der Waals surface area contributed by atoms with Gasteiger partial charge >= 0.3 is 0 Å². The van der Waals surface area contributed by atoms with Crippen molar-refractivity contribution in [2.75, 3.05) is 19.7 Å². The molecule has 2 nitrogen and oxygen atoms in total. The molecule has 1 heterocycles. The number of hydrogen-bond donors (Lipinski definition) is 0. The molecule has 0 aromatic heterocycles. The summed E-state index contributed by atoms with van der Waals surface area (Å²) in [5.74, 6) is 0. The highest BCUT2D eigenvalue weighted by Crippen LogP contribution is 2.25. The third-order valence-electron chi connectivity index (χ3n) is 3.92. The minimum absolute atomic E-state index is 0.183. The maximum absolute atomic E-state index is 6.01. The van der Waals surface area contributed by atoms with Gasteiger partial charge in [0.1, 0.15) is 0 Å². The molecule has 1 fully saturated rings. The molecule has 0 bridgehead atoms. The first-order chi connectivity index (χ1) is 10.3. The lowest BCUT2D eigenvalue weighted by atomic mass is 10.1. The third kappa shape index (κ3) is 4.07. The fourth-order valence-electron chi connectivity index (χ4n) is 2.76. The van der Waals surface area contributed by atoms with Crippen LogP contribution in [0.1, 0.15) is 23.7 Å². The number of ether oxygens (including phenoxy) is 1. The summed E-state index contributed by atoms with van der Waals surface area (Å²) < 4.78 is 6.01. The fraction of sp³-hybridized carbons (Fsp3) is 0.333. The Morgan fingerprint density at radius 3 is 2.52 bits per heavy atom. The van der Waals surface area contributed by atoms with Crippen LogP contribution in [0.3, 0.4) is 0 Å². The number of hydrogen-bond acceptors (Lipinski definition) is 2. The van der Waals surface area contributed by atoms with E-state index >= 15 is 0 Å². The number of rotatable bonds is 3. The zero-order valence-corrected chi connectivity index (χ0v) is 12.8. The molecule has 0 amide bonds. The normalized spacial score (nSPS) is 20.1. The molecule has 1 atom stereocenters. The average Bonchev–Trinajstić information content (AvgIpc) is 2.75. The van der Waals surface area contributed by atoms with Crippen LogP contribution in [0.15, 0.2) is 54.6 Å². The molecule has 1 aliphatic heterocycles. The summed E-state index contributed by atoms with van der Waals surface area (Å²) in [7, 11) is 0. The second-order valence-corrected chi connectivity index (χ2v) is 5.90. The van der Waals surface area contributed by atoms with Gasteiger partial charge in [-0.3, -0.25) is 4.90 Å². The Hall–Kier alpha value is -1.35. The Labute approximate surface area is 131 Å². The Kier molecular flexibility index (Phi) is 4.91. The summed E-state index contributed by atoms with van der Waals surface area (Å²) in [6.07, 6.45) is 1.21.